The first-order valence-corrected chi connectivity index (χ1v) is 9.62. The molecule has 0 bridgehead atoms. The number of benzene rings is 2. The number of alkyl halides is 3. The average molecular weight is 413 g/mol. The number of aromatic nitrogens is 1. The highest BCUT2D eigenvalue weighted by Crippen LogP contribution is 2.29. The Balaban J connectivity index is 1.70. The van der Waals surface area contributed by atoms with Gasteiger partial charge < -0.3 is 11.1 Å². The van der Waals surface area contributed by atoms with Crippen molar-refractivity contribution in [3.05, 3.63) is 71.4 Å². The number of amides is 1. The van der Waals surface area contributed by atoms with Gasteiger partial charge in [0.2, 0.25) is 5.91 Å². The number of hydrogen-bond donors (Lipinski definition) is 2. The molecule has 4 nitrogen and oxygen atoms in total. The average Bonchev–Trinajstić information content (AvgIpc) is 2.71. The Hall–Kier alpha value is -3.35. The molecule has 1 aromatic heterocycles. The number of nitrogens with two attached hydrogens (primary N) is 1. The molecule has 30 heavy (non-hydrogen) atoms. The van der Waals surface area contributed by atoms with E-state index >= 15 is 0 Å². The van der Waals surface area contributed by atoms with Gasteiger partial charge in [0.15, 0.2) is 0 Å². The predicted octanol–water partition coefficient (Wildman–Crippen LogP) is 5.83. The number of hydrogen-bond acceptors (Lipinski definition) is 3. The van der Waals surface area contributed by atoms with E-state index < -0.39 is 17.6 Å². The van der Waals surface area contributed by atoms with Crippen LogP contribution in [-0.4, -0.2) is 10.9 Å². The zero-order valence-corrected chi connectivity index (χ0v) is 16.5. The van der Waals surface area contributed by atoms with Crippen molar-refractivity contribution < 1.29 is 18.0 Å². The lowest BCUT2D eigenvalue weighted by molar-refractivity contribution is -0.137. The predicted molar refractivity (Wildman–Crippen MR) is 114 cm³/mol. The van der Waals surface area contributed by atoms with Gasteiger partial charge in [-0.05, 0) is 60.9 Å². The summed E-state index contributed by atoms with van der Waals surface area (Å²) in [4.78, 5) is 16.8. The van der Waals surface area contributed by atoms with Gasteiger partial charge in [0.05, 0.1) is 11.1 Å². The number of nitrogen functional groups attached to an aromatic ring is 1. The molecule has 0 saturated heterocycles. The molecule has 0 fully saturated rings. The van der Waals surface area contributed by atoms with Crippen molar-refractivity contribution in [3.63, 3.8) is 0 Å². The van der Waals surface area contributed by atoms with Gasteiger partial charge in [-0.1, -0.05) is 25.5 Å². The first-order chi connectivity index (χ1) is 14.3. The summed E-state index contributed by atoms with van der Waals surface area (Å²) in [6.07, 6.45) is 1.31. The maximum absolute atomic E-state index is 12.6. The zero-order valence-electron chi connectivity index (χ0n) is 16.5. The third kappa shape index (κ3) is 5.37. The second-order valence-corrected chi connectivity index (χ2v) is 6.98. The van der Waals surface area contributed by atoms with Crippen LogP contribution in [0.5, 0.6) is 0 Å². The van der Waals surface area contributed by atoms with Crippen LogP contribution in [0.4, 0.5) is 24.5 Å². The third-order valence-electron chi connectivity index (χ3n) is 4.61. The molecule has 7 heteroatoms. The smallest absolute Gasteiger partial charge is 0.398 e. The number of rotatable bonds is 6. The number of nitrogens with zero attached hydrogens (tertiary/aromatic N) is 1. The van der Waals surface area contributed by atoms with Crippen LogP contribution in [0.2, 0.25) is 0 Å². The minimum absolute atomic E-state index is 0.402. The normalized spacial score (nSPS) is 11.9. The maximum atomic E-state index is 12.6. The summed E-state index contributed by atoms with van der Waals surface area (Å²) in [5, 5.41) is 3.48. The van der Waals surface area contributed by atoms with Crippen LogP contribution in [0.1, 0.15) is 36.6 Å². The fraction of sp³-hybridized carbons (Fsp3) is 0.217. The fourth-order valence-electron chi connectivity index (χ4n) is 3.01. The summed E-state index contributed by atoms with van der Waals surface area (Å²) < 4.78 is 37.8. The molecule has 1 heterocycles. The lowest BCUT2D eigenvalue weighted by Crippen LogP contribution is -2.08. The van der Waals surface area contributed by atoms with Gasteiger partial charge in [-0.2, -0.15) is 13.2 Å². The van der Waals surface area contributed by atoms with Crippen molar-refractivity contribution in [2.75, 3.05) is 11.1 Å². The molecule has 0 radical (unpaired) electrons. The highest BCUT2D eigenvalue weighted by molar-refractivity contribution is 6.03. The molecule has 0 aliphatic carbocycles. The number of aryl methyl sites for hydroxylation is 1. The molecule has 156 valence electrons. The molecule has 0 aliphatic rings. The van der Waals surface area contributed by atoms with E-state index in [1.165, 1.54) is 24.3 Å². The van der Waals surface area contributed by atoms with E-state index in [-0.39, 0.29) is 0 Å². The molecule has 1 amide bonds. The van der Waals surface area contributed by atoms with E-state index in [4.69, 9.17) is 5.73 Å². The van der Waals surface area contributed by atoms with Gasteiger partial charge in [-0.3, -0.25) is 9.78 Å². The Morgan fingerprint density at radius 1 is 1.13 bits per heavy atom. The Morgan fingerprint density at radius 3 is 2.53 bits per heavy atom. The van der Waals surface area contributed by atoms with E-state index in [1.807, 2.05) is 6.07 Å². The third-order valence-corrected chi connectivity index (χ3v) is 4.61. The molecule has 0 spiro atoms. The second-order valence-electron chi connectivity index (χ2n) is 6.98. The minimum Gasteiger partial charge on any atom is -0.398 e. The summed E-state index contributed by atoms with van der Waals surface area (Å²) in [5.41, 5.74) is 8.78. The molecule has 3 N–H and O–H groups in total. The van der Waals surface area contributed by atoms with Crippen LogP contribution in [0.15, 0.2) is 54.6 Å². The second kappa shape index (κ2) is 8.98. The van der Waals surface area contributed by atoms with E-state index in [1.54, 1.807) is 18.2 Å². The van der Waals surface area contributed by atoms with E-state index in [2.05, 4.69) is 17.2 Å². The Morgan fingerprint density at radius 2 is 1.87 bits per heavy atom. The first kappa shape index (κ1) is 21.4. The molecular formula is C23H22F3N3O. The largest absolute Gasteiger partial charge is 0.416 e. The molecule has 0 atom stereocenters. The Bertz CT molecular complexity index is 1070. The lowest BCUT2D eigenvalue weighted by Gasteiger charge is -2.09. The van der Waals surface area contributed by atoms with Gasteiger partial charge in [0.25, 0.3) is 0 Å². The highest BCUT2D eigenvalue weighted by Gasteiger charge is 2.29. The number of halogens is 3. The van der Waals surface area contributed by atoms with Crippen LogP contribution in [0, 0.1) is 0 Å². The number of carbonyl (C=O) groups excluding carboxylic acids is 1. The Kier molecular flexibility index (Phi) is 6.40. The molecule has 2 aromatic carbocycles. The van der Waals surface area contributed by atoms with Crippen LogP contribution in [-0.2, 0) is 17.4 Å². The summed E-state index contributed by atoms with van der Waals surface area (Å²) in [7, 11) is 0. The van der Waals surface area contributed by atoms with E-state index in [0.717, 1.165) is 48.0 Å². The van der Waals surface area contributed by atoms with Crippen molar-refractivity contribution in [1.29, 1.82) is 0 Å². The van der Waals surface area contributed by atoms with Crippen molar-refractivity contribution in [1.82, 2.24) is 4.98 Å². The van der Waals surface area contributed by atoms with Gasteiger partial charge in [0, 0.05) is 28.5 Å². The molecule has 0 unspecified atom stereocenters. The van der Waals surface area contributed by atoms with Crippen molar-refractivity contribution in [3.8, 4) is 0 Å². The van der Waals surface area contributed by atoms with Gasteiger partial charge >= 0.3 is 6.18 Å². The highest BCUT2D eigenvalue weighted by atomic mass is 19.4. The van der Waals surface area contributed by atoms with Crippen molar-refractivity contribution in [2.24, 2.45) is 0 Å². The maximum Gasteiger partial charge on any atom is 0.416 e. The number of nitrogens with one attached hydrogen (secondary N) is 1. The summed E-state index contributed by atoms with van der Waals surface area (Å²) in [6, 6.07) is 11.7. The number of carbonyl (C=O) groups is 1. The fourth-order valence-corrected chi connectivity index (χ4v) is 3.01. The van der Waals surface area contributed by atoms with Gasteiger partial charge in [-0.15, -0.1) is 0 Å². The quantitative estimate of drug-likeness (QED) is 0.500. The summed E-state index contributed by atoms with van der Waals surface area (Å²) in [5.74, 6) is -0.402. The number of anilines is 2. The minimum atomic E-state index is -4.39. The summed E-state index contributed by atoms with van der Waals surface area (Å²) in [6.45, 7) is 2.12. The molecular weight excluding hydrogens is 391 g/mol. The SMILES string of the molecule is CCCCc1cc(N)c2cc(NC(=O)C=Cc3ccc(C(F)(F)F)cc3)ccc2n1. The van der Waals surface area contributed by atoms with E-state index in [0.29, 0.717) is 16.9 Å². The van der Waals surface area contributed by atoms with Crippen LogP contribution in [0.3, 0.4) is 0 Å². The van der Waals surface area contributed by atoms with Crippen LogP contribution < -0.4 is 11.1 Å². The molecule has 0 saturated carbocycles. The van der Waals surface area contributed by atoms with Crippen molar-refractivity contribution >= 4 is 34.3 Å². The molecule has 3 rings (SSSR count). The molecule has 0 aliphatic heterocycles. The summed E-state index contributed by atoms with van der Waals surface area (Å²) >= 11 is 0. The topological polar surface area (TPSA) is 68.0 Å². The van der Waals surface area contributed by atoms with Crippen LogP contribution in [0.25, 0.3) is 17.0 Å². The number of unbranched alkanes of at least 4 members (excludes halogenated alkanes) is 1. The number of pyridine rings is 1. The standard InChI is InChI=1S/C23H22F3N3O/c1-2-3-4-17-14-20(27)19-13-18(10-11-21(19)28-17)29-22(30)12-7-15-5-8-16(9-6-15)23(24,25)26/h5-14H,2-4H2,1H3,(H2,27,28)(H,29,30). The number of fused-ring (bicyclic) bond motifs is 1. The monoisotopic (exact) mass is 413 g/mol. The zero-order chi connectivity index (χ0) is 21.7. The van der Waals surface area contributed by atoms with Gasteiger partial charge in [-0.25, -0.2) is 0 Å². The molecule has 3 aromatic rings. The van der Waals surface area contributed by atoms with Crippen LogP contribution >= 0.6 is 0 Å². The van der Waals surface area contributed by atoms with Gasteiger partial charge in [0.1, 0.15) is 0 Å². The lowest BCUT2D eigenvalue weighted by atomic mass is 10.1. The van der Waals surface area contributed by atoms with Crippen molar-refractivity contribution in [2.45, 2.75) is 32.4 Å². The van der Waals surface area contributed by atoms with E-state index in [9.17, 15) is 18.0 Å². The first-order valence-electron chi connectivity index (χ1n) is 9.62. The Labute approximate surface area is 172 Å².